The Morgan fingerprint density at radius 2 is 2.24 bits per heavy atom. The number of nitrogens with zero attached hydrogens (tertiary/aromatic N) is 1. The first-order chi connectivity index (χ1) is 10.1. The van der Waals surface area contributed by atoms with Gasteiger partial charge in [0.05, 0.1) is 13.0 Å². The zero-order chi connectivity index (χ0) is 15.2. The molecule has 0 spiro atoms. The summed E-state index contributed by atoms with van der Waals surface area (Å²) in [7, 11) is 0. The average Bonchev–Trinajstić information content (AvgIpc) is 2.79. The minimum absolute atomic E-state index is 0.0886. The molecule has 1 unspecified atom stereocenters. The van der Waals surface area contributed by atoms with Crippen molar-refractivity contribution in [2.24, 2.45) is 0 Å². The van der Waals surface area contributed by atoms with E-state index in [0.29, 0.717) is 12.6 Å². The molecule has 0 radical (unpaired) electrons. The van der Waals surface area contributed by atoms with E-state index in [0.717, 1.165) is 30.1 Å². The van der Waals surface area contributed by atoms with E-state index < -0.39 is 0 Å². The highest BCUT2D eigenvalue weighted by Crippen LogP contribution is 2.23. The Balaban J connectivity index is 2.08. The predicted octanol–water partition coefficient (Wildman–Crippen LogP) is 2.31. The molecule has 1 saturated heterocycles. The van der Waals surface area contributed by atoms with Crippen molar-refractivity contribution in [1.82, 2.24) is 9.88 Å². The molecule has 0 aromatic carbocycles. The number of hydrogen-bond acceptors (Lipinski definition) is 5. The summed E-state index contributed by atoms with van der Waals surface area (Å²) < 4.78 is 4.97. The Morgan fingerprint density at radius 3 is 2.95 bits per heavy atom. The molecule has 1 aromatic heterocycles. The number of esters is 1. The number of ether oxygens (including phenoxy) is 1. The van der Waals surface area contributed by atoms with E-state index >= 15 is 0 Å². The molecule has 1 aliphatic rings. The SMILES string of the molecule is CCOC(=O)Cc1[nH]c(=O)sc1CN1CCCCC1CC. The zero-order valence-electron chi connectivity index (χ0n) is 12.8. The minimum atomic E-state index is -0.279. The summed E-state index contributed by atoms with van der Waals surface area (Å²) in [5.74, 6) is -0.279. The van der Waals surface area contributed by atoms with Crippen LogP contribution in [0.4, 0.5) is 0 Å². The van der Waals surface area contributed by atoms with Crippen LogP contribution in [-0.4, -0.2) is 35.0 Å². The van der Waals surface area contributed by atoms with Crippen LogP contribution in [0.25, 0.3) is 0 Å². The van der Waals surface area contributed by atoms with E-state index in [1.807, 2.05) is 0 Å². The molecule has 1 fully saturated rings. The van der Waals surface area contributed by atoms with Gasteiger partial charge in [-0.25, -0.2) is 0 Å². The van der Waals surface area contributed by atoms with Crippen molar-refractivity contribution < 1.29 is 9.53 Å². The Bertz CT molecular complexity index is 523. The van der Waals surface area contributed by atoms with Gasteiger partial charge in [0.2, 0.25) is 0 Å². The van der Waals surface area contributed by atoms with Gasteiger partial charge >= 0.3 is 10.8 Å². The van der Waals surface area contributed by atoms with Crippen LogP contribution in [0.3, 0.4) is 0 Å². The van der Waals surface area contributed by atoms with Crippen LogP contribution in [0.1, 0.15) is 50.1 Å². The number of piperidine rings is 1. The molecular formula is C15H24N2O3S. The number of thiazole rings is 1. The summed E-state index contributed by atoms with van der Waals surface area (Å²) in [5.41, 5.74) is 0.726. The third kappa shape index (κ3) is 4.41. The van der Waals surface area contributed by atoms with Gasteiger partial charge in [0.1, 0.15) is 0 Å². The Hall–Kier alpha value is -1.14. The largest absolute Gasteiger partial charge is 0.466 e. The lowest BCUT2D eigenvalue weighted by Crippen LogP contribution is -2.38. The molecule has 21 heavy (non-hydrogen) atoms. The van der Waals surface area contributed by atoms with Gasteiger partial charge in [0.25, 0.3) is 0 Å². The Morgan fingerprint density at radius 1 is 1.43 bits per heavy atom. The second kappa shape index (κ2) is 7.75. The van der Waals surface area contributed by atoms with E-state index in [2.05, 4.69) is 16.8 Å². The quantitative estimate of drug-likeness (QED) is 0.819. The number of hydrogen-bond donors (Lipinski definition) is 1. The predicted molar refractivity (Wildman–Crippen MR) is 83.6 cm³/mol. The van der Waals surface area contributed by atoms with Crippen molar-refractivity contribution in [3.8, 4) is 0 Å². The summed E-state index contributed by atoms with van der Waals surface area (Å²) in [6.07, 6.45) is 5.01. The van der Waals surface area contributed by atoms with Gasteiger partial charge < -0.3 is 9.72 Å². The zero-order valence-corrected chi connectivity index (χ0v) is 13.6. The lowest BCUT2D eigenvalue weighted by atomic mass is 10.00. The summed E-state index contributed by atoms with van der Waals surface area (Å²) >= 11 is 1.22. The van der Waals surface area contributed by atoms with E-state index in [1.54, 1.807) is 6.92 Å². The lowest BCUT2D eigenvalue weighted by molar-refractivity contribution is -0.142. The van der Waals surface area contributed by atoms with Gasteiger partial charge in [-0.3, -0.25) is 14.5 Å². The molecule has 5 nitrogen and oxygen atoms in total. The molecule has 2 heterocycles. The smallest absolute Gasteiger partial charge is 0.311 e. The van der Waals surface area contributed by atoms with Gasteiger partial charge in [-0.1, -0.05) is 24.7 Å². The van der Waals surface area contributed by atoms with Crippen molar-refractivity contribution >= 4 is 17.3 Å². The number of carbonyl (C=O) groups is 1. The van der Waals surface area contributed by atoms with Gasteiger partial charge in [0, 0.05) is 23.2 Å². The van der Waals surface area contributed by atoms with Gasteiger partial charge in [0.15, 0.2) is 0 Å². The highest BCUT2D eigenvalue weighted by atomic mass is 32.1. The number of rotatable bonds is 6. The van der Waals surface area contributed by atoms with Crippen LogP contribution in [0.2, 0.25) is 0 Å². The molecule has 1 aliphatic heterocycles. The molecule has 118 valence electrons. The second-order valence-corrected chi connectivity index (χ2v) is 6.49. The average molecular weight is 312 g/mol. The normalized spacial score (nSPS) is 19.6. The fourth-order valence-electron chi connectivity index (χ4n) is 2.93. The number of nitrogens with one attached hydrogen (secondary N) is 1. The summed E-state index contributed by atoms with van der Waals surface area (Å²) in [6, 6.07) is 0.589. The third-order valence-electron chi connectivity index (χ3n) is 4.00. The molecule has 0 amide bonds. The standard InChI is InChI=1S/C15H24N2O3S/c1-3-11-7-5-6-8-17(11)10-13-12(16-15(19)21-13)9-14(18)20-4-2/h11H,3-10H2,1-2H3,(H,16,19). The van der Waals surface area contributed by atoms with E-state index in [1.165, 1.54) is 30.6 Å². The van der Waals surface area contributed by atoms with Gasteiger partial charge in [-0.15, -0.1) is 0 Å². The molecule has 1 aromatic rings. The van der Waals surface area contributed by atoms with Crippen molar-refractivity contribution in [1.29, 1.82) is 0 Å². The Labute approximate surface area is 129 Å². The monoisotopic (exact) mass is 312 g/mol. The fourth-order valence-corrected chi connectivity index (χ4v) is 3.81. The van der Waals surface area contributed by atoms with Crippen LogP contribution in [0.15, 0.2) is 4.79 Å². The topological polar surface area (TPSA) is 62.4 Å². The number of likely N-dealkylation sites (tertiary alicyclic amines) is 1. The first-order valence-corrected chi connectivity index (χ1v) is 8.56. The Kier molecular flexibility index (Phi) is 5.99. The van der Waals surface area contributed by atoms with Crippen molar-refractivity contribution in [3.63, 3.8) is 0 Å². The molecule has 6 heteroatoms. The highest BCUT2D eigenvalue weighted by Gasteiger charge is 2.23. The van der Waals surface area contributed by atoms with Crippen LogP contribution < -0.4 is 4.87 Å². The van der Waals surface area contributed by atoms with Crippen LogP contribution in [0, 0.1) is 0 Å². The maximum Gasteiger partial charge on any atom is 0.311 e. The van der Waals surface area contributed by atoms with Gasteiger partial charge in [-0.05, 0) is 32.7 Å². The van der Waals surface area contributed by atoms with E-state index in [-0.39, 0.29) is 17.3 Å². The fraction of sp³-hybridized carbons (Fsp3) is 0.733. The minimum Gasteiger partial charge on any atom is -0.466 e. The first kappa shape index (κ1) is 16.2. The molecule has 0 saturated carbocycles. The maximum absolute atomic E-state index is 11.6. The summed E-state index contributed by atoms with van der Waals surface area (Å²) in [4.78, 5) is 29.4. The van der Waals surface area contributed by atoms with Gasteiger partial charge in [-0.2, -0.15) is 0 Å². The molecule has 0 bridgehead atoms. The van der Waals surface area contributed by atoms with Crippen molar-refractivity contribution in [3.05, 3.63) is 20.2 Å². The molecule has 1 N–H and O–H groups in total. The lowest BCUT2D eigenvalue weighted by Gasteiger charge is -2.34. The van der Waals surface area contributed by atoms with E-state index in [9.17, 15) is 9.59 Å². The number of H-pyrrole nitrogens is 1. The summed E-state index contributed by atoms with van der Waals surface area (Å²) in [5, 5.41) is 0. The maximum atomic E-state index is 11.6. The molecule has 0 aliphatic carbocycles. The number of aromatic nitrogens is 1. The number of carbonyl (C=O) groups excluding carboxylic acids is 1. The first-order valence-electron chi connectivity index (χ1n) is 7.74. The van der Waals surface area contributed by atoms with Crippen molar-refractivity contribution in [2.45, 2.75) is 58.5 Å². The van der Waals surface area contributed by atoms with Crippen LogP contribution in [-0.2, 0) is 22.5 Å². The number of aromatic amines is 1. The molecule has 1 atom stereocenters. The van der Waals surface area contributed by atoms with Crippen LogP contribution >= 0.6 is 11.3 Å². The van der Waals surface area contributed by atoms with Crippen molar-refractivity contribution in [2.75, 3.05) is 13.2 Å². The van der Waals surface area contributed by atoms with E-state index in [4.69, 9.17) is 4.74 Å². The van der Waals surface area contributed by atoms with Crippen LogP contribution in [0.5, 0.6) is 0 Å². The third-order valence-corrected chi connectivity index (χ3v) is 4.91. The molecular weight excluding hydrogens is 288 g/mol. The highest BCUT2D eigenvalue weighted by molar-refractivity contribution is 7.09. The second-order valence-electron chi connectivity index (χ2n) is 5.43. The molecule has 2 rings (SSSR count). The summed E-state index contributed by atoms with van der Waals surface area (Å²) in [6.45, 7) is 6.20.